The molecule has 1 aromatic carbocycles. The Kier molecular flexibility index (Phi) is 4.67. The third-order valence-corrected chi connectivity index (χ3v) is 2.62. The van der Waals surface area contributed by atoms with Gasteiger partial charge < -0.3 is 14.8 Å². The third-order valence-electron chi connectivity index (χ3n) is 2.62. The maximum atomic E-state index is 5.43. The van der Waals surface area contributed by atoms with Gasteiger partial charge in [0.25, 0.3) is 0 Å². The number of hydrogen-bond donors (Lipinski definition) is 1. The van der Waals surface area contributed by atoms with E-state index in [0.717, 1.165) is 17.2 Å². The van der Waals surface area contributed by atoms with Crippen LogP contribution < -0.4 is 14.8 Å². The maximum absolute atomic E-state index is 5.43. The van der Waals surface area contributed by atoms with Crippen molar-refractivity contribution in [3.63, 3.8) is 0 Å². The summed E-state index contributed by atoms with van der Waals surface area (Å²) in [6.45, 7) is 8.49. The molecule has 0 fully saturated rings. The largest absolute Gasteiger partial charge is 0.496 e. The summed E-state index contributed by atoms with van der Waals surface area (Å²) in [5.41, 5.74) is 2.14. The number of anilines is 1. The highest BCUT2D eigenvalue weighted by Gasteiger charge is 2.13. The van der Waals surface area contributed by atoms with Crippen molar-refractivity contribution >= 4 is 5.69 Å². The minimum atomic E-state index is 0.360. The molecule has 0 saturated carbocycles. The van der Waals surface area contributed by atoms with Crippen molar-refractivity contribution in [2.75, 3.05) is 19.5 Å². The Hall–Kier alpha value is -1.38. The van der Waals surface area contributed by atoms with Gasteiger partial charge in [0.1, 0.15) is 11.5 Å². The summed E-state index contributed by atoms with van der Waals surface area (Å²) < 4.78 is 10.9. The van der Waals surface area contributed by atoms with Crippen LogP contribution in [0.1, 0.15) is 39.2 Å². The van der Waals surface area contributed by atoms with Crippen LogP contribution in [0.2, 0.25) is 0 Å². The molecule has 0 saturated heterocycles. The van der Waals surface area contributed by atoms with Crippen LogP contribution in [-0.2, 0) is 0 Å². The minimum Gasteiger partial charge on any atom is -0.496 e. The zero-order chi connectivity index (χ0) is 13.0. The summed E-state index contributed by atoms with van der Waals surface area (Å²) in [7, 11) is 3.39. The molecule has 0 heterocycles. The van der Waals surface area contributed by atoms with Crippen LogP contribution in [0, 0.1) is 0 Å². The van der Waals surface area contributed by atoms with Crippen molar-refractivity contribution in [2.45, 2.75) is 39.7 Å². The van der Waals surface area contributed by atoms with Gasteiger partial charge in [0, 0.05) is 17.7 Å². The van der Waals surface area contributed by atoms with E-state index in [-0.39, 0.29) is 0 Å². The Balaban J connectivity index is 3.22. The molecule has 17 heavy (non-hydrogen) atoms. The van der Waals surface area contributed by atoms with Gasteiger partial charge in [0.2, 0.25) is 0 Å². The highest BCUT2D eigenvalue weighted by Crippen LogP contribution is 2.36. The summed E-state index contributed by atoms with van der Waals surface area (Å²) in [5.74, 6) is 2.18. The van der Waals surface area contributed by atoms with Gasteiger partial charge >= 0.3 is 0 Å². The first-order valence-electron chi connectivity index (χ1n) is 6.02. The van der Waals surface area contributed by atoms with Gasteiger partial charge in [-0.05, 0) is 25.8 Å². The van der Waals surface area contributed by atoms with Crippen LogP contribution in [0.3, 0.4) is 0 Å². The average molecular weight is 237 g/mol. The van der Waals surface area contributed by atoms with Gasteiger partial charge in [-0.1, -0.05) is 13.8 Å². The zero-order valence-electron chi connectivity index (χ0n) is 11.6. The molecule has 96 valence electrons. The number of rotatable bonds is 5. The lowest BCUT2D eigenvalue weighted by Gasteiger charge is -2.19. The molecule has 0 amide bonds. The molecule has 0 aliphatic carbocycles. The van der Waals surface area contributed by atoms with Gasteiger partial charge in [0.05, 0.1) is 19.9 Å². The van der Waals surface area contributed by atoms with Gasteiger partial charge in [0.15, 0.2) is 0 Å². The smallest absolute Gasteiger partial charge is 0.142 e. The first kappa shape index (κ1) is 13.7. The summed E-state index contributed by atoms with van der Waals surface area (Å²) in [6.07, 6.45) is 0. The number of benzene rings is 1. The highest BCUT2D eigenvalue weighted by atomic mass is 16.5. The molecule has 0 bridgehead atoms. The highest BCUT2D eigenvalue weighted by molar-refractivity contribution is 5.63. The van der Waals surface area contributed by atoms with E-state index in [1.165, 1.54) is 5.56 Å². The van der Waals surface area contributed by atoms with Crippen LogP contribution in [0.4, 0.5) is 5.69 Å². The van der Waals surface area contributed by atoms with Gasteiger partial charge in [-0.25, -0.2) is 0 Å². The normalized spacial score (nSPS) is 10.8. The Labute approximate surface area is 104 Å². The van der Waals surface area contributed by atoms with E-state index in [9.17, 15) is 0 Å². The molecule has 3 nitrogen and oxygen atoms in total. The van der Waals surface area contributed by atoms with Crippen LogP contribution in [0.15, 0.2) is 12.1 Å². The number of nitrogens with one attached hydrogen (secondary N) is 1. The molecule has 1 aromatic rings. The number of methoxy groups -OCH3 is 2. The van der Waals surface area contributed by atoms with Crippen LogP contribution in [0.5, 0.6) is 11.5 Å². The van der Waals surface area contributed by atoms with E-state index in [0.29, 0.717) is 12.0 Å². The molecule has 1 N–H and O–H groups in total. The number of ether oxygens (including phenoxy) is 2. The fourth-order valence-corrected chi connectivity index (χ4v) is 1.80. The Bertz CT molecular complexity index is 373. The van der Waals surface area contributed by atoms with Crippen LogP contribution >= 0.6 is 0 Å². The molecule has 1 rings (SSSR count). The lowest BCUT2D eigenvalue weighted by Crippen LogP contribution is -2.11. The summed E-state index contributed by atoms with van der Waals surface area (Å²) >= 11 is 0. The van der Waals surface area contributed by atoms with Crippen molar-refractivity contribution in [1.29, 1.82) is 0 Å². The first-order chi connectivity index (χ1) is 7.99. The molecule has 0 spiro atoms. The Morgan fingerprint density at radius 2 is 1.53 bits per heavy atom. The standard InChI is InChI=1S/C14H23NO2/c1-9(2)11-7-14(17-6)12(15-10(3)4)8-13(11)16-5/h7-10,15H,1-6H3. The minimum absolute atomic E-state index is 0.360. The van der Waals surface area contributed by atoms with Gasteiger partial charge in [-0.15, -0.1) is 0 Å². The van der Waals surface area contributed by atoms with E-state index in [1.807, 2.05) is 12.1 Å². The Morgan fingerprint density at radius 1 is 0.941 bits per heavy atom. The van der Waals surface area contributed by atoms with Gasteiger partial charge in [-0.3, -0.25) is 0 Å². The van der Waals surface area contributed by atoms with E-state index < -0.39 is 0 Å². The maximum Gasteiger partial charge on any atom is 0.142 e. The predicted molar refractivity (Wildman–Crippen MR) is 72.4 cm³/mol. The second-order valence-electron chi connectivity index (χ2n) is 4.75. The molecule has 0 radical (unpaired) electrons. The Morgan fingerprint density at radius 3 is 1.94 bits per heavy atom. The van der Waals surface area contributed by atoms with Crippen molar-refractivity contribution < 1.29 is 9.47 Å². The number of hydrogen-bond acceptors (Lipinski definition) is 3. The van der Waals surface area contributed by atoms with Crippen molar-refractivity contribution in [1.82, 2.24) is 0 Å². The lowest BCUT2D eigenvalue weighted by atomic mass is 10.0. The third kappa shape index (κ3) is 3.29. The molecular weight excluding hydrogens is 214 g/mol. The average Bonchev–Trinajstić information content (AvgIpc) is 2.27. The molecule has 0 aliphatic rings. The molecular formula is C14H23NO2. The zero-order valence-corrected chi connectivity index (χ0v) is 11.6. The van der Waals surface area contributed by atoms with E-state index in [4.69, 9.17) is 9.47 Å². The van der Waals surface area contributed by atoms with E-state index in [1.54, 1.807) is 14.2 Å². The van der Waals surface area contributed by atoms with Crippen LogP contribution in [-0.4, -0.2) is 20.3 Å². The fraction of sp³-hybridized carbons (Fsp3) is 0.571. The first-order valence-corrected chi connectivity index (χ1v) is 6.02. The quantitative estimate of drug-likeness (QED) is 0.848. The predicted octanol–water partition coefficient (Wildman–Crippen LogP) is 3.65. The summed E-state index contributed by atoms with van der Waals surface area (Å²) in [5, 5.41) is 3.36. The van der Waals surface area contributed by atoms with Crippen molar-refractivity contribution in [2.24, 2.45) is 0 Å². The summed E-state index contributed by atoms with van der Waals surface area (Å²) in [4.78, 5) is 0. The summed E-state index contributed by atoms with van der Waals surface area (Å²) in [6, 6.07) is 4.42. The van der Waals surface area contributed by atoms with E-state index >= 15 is 0 Å². The van der Waals surface area contributed by atoms with Crippen molar-refractivity contribution in [3.8, 4) is 11.5 Å². The molecule has 0 aliphatic heterocycles. The van der Waals surface area contributed by atoms with Gasteiger partial charge in [-0.2, -0.15) is 0 Å². The fourth-order valence-electron chi connectivity index (χ4n) is 1.80. The molecule has 0 atom stereocenters. The van der Waals surface area contributed by atoms with E-state index in [2.05, 4.69) is 33.0 Å². The second-order valence-corrected chi connectivity index (χ2v) is 4.75. The second kappa shape index (κ2) is 5.80. The monoisotopic (exact) mass is 237 g/mol. The lowest BCUT2D eigenvalue weighted by molar-refractivity contribution is 0.398. The molecule has 3 heteroatoms. The van der Waals surface area contributed by atoms with Crippen molar-refractivity contribution in [3.05, 3.63) is 17.7 Å². The SMILES string of the molecule is COc1cc(C(C)C)c(OC)cc1NC(C)C. The topological polar surface area (TPSA) is 30.5 Å². The molecule has 0 unspecified atom stereocenters. The van der Waals surface area contributed by atoms with Crippen LogP contribution in [0.25, 0.3) is 0 Å². The molecule has 0 aromatic heterocycles.